The number of anilines is 1. The first kappa shape index (κ1) is 13.3. The van der Waals surface area contributed by atoms with Crippen molar-refractivity contribution in [2.24, 2.45) is 0 Å². The first-order chi connectivity index (χ1) is 8.80. The number of amides is 1. The van der Waals surface area contributed by atoms with Crippen molar-refractivity contribution in [2.75, 3.05) is 5.32 Å². The number of carboxylic acid groups (broad SMARTS) is 1. The number of fused-ring (bicyclic) bond motifs is 1. The Morgan fingerprint density at radius 2 is 2.00 bits per heavy atom. The van der Waals surface area contributed by atoms with Crippen LogP contribution in [0.4, 0.5) is 19.0 Å². The van der Waals surface area contributed by atoms with Crippen LogP contribution in [0.1, 0.15) is 27.9 Å². The zero-order valence-corrected chi connectivity index (χ0v) is 9.54. The van der Waals surface area contributed by atoms with Gasteiger partial charge in [0.1, 0.15) is 11.4 Å². The zero-order chi connectivity index (χ0) is 14.2. The average Bonchev–Trinajstić information content (AvgIpc) is 2.74. The van der Waals surface area contributed by atoms with E-state index >= 15 is 0 Å². The van der Waals surface area contributed by atoms with Gasteiger partial charge in [-0.1, -0.05) is 0 Å². The summed E-state index contributed by atoms with van der Waals surface area (Å²) in [6.45, 7) is 0. The first-order valence-electron chi connectivity index (χ1n) is 5.43. The van der Waals surface area contributed by atoms with E-state index in [0.717, 1.165) is 0 Å². The minimum absolute atomic E-state index is 0.354. The molecule has 0 spiro atoms. The van der Waals surface area contributed by atoms with Gasteiger partial charge in [-0.15, -0.1) is 0 Å². The molecule has 1 aromatic rings. The molecule has 0 fully saturated rings. The third kappa shape index (κ3) is 2.51. The molecule has 5 nitrogen and oxygen atoms in total. The van der Waals surface area contributed by atoms with Crippen LogP contribution in [0.25, 0.3) is 0 Å². The Bertz CT molecular complexity index is 555. The second-order valence-electron chi connectivity index (χ2n) is 4.10. The lowest BCUT2D eigenvalue weighted by Crippen LogP contribution is -2.31. The summed E-state index contributed by atoms with van der Waals surface area (Å²) in [5.41, 5.74) is 0.787. The highest BCUT2D eigenvalue weighted by atomic mass is 19.4. The average molecular weight is 274 g/mol. The number of carbonyl (C=O) groups is 2. The van der Waals surface area contributed by atoms with Crippen LogP contribution >= 0.6 is 0 Å². The van der Waals surface area contributed by atoms with Gasteiger partial charge in [0.25, 0.3) is 0 Å². The quantitative estimate of drug-likeness (QED) is 0.861. The predicted molar refractivity (Wildman–Crippen MR) is 57.9 cm³/mol. The monoisotopic (exact) mass is 274 g/mol. The van der Waals surface area contributed by atoms with Gasteiger partial charge in [0.2, 0.25) is 0 Å². The molecule has 0 unspecified atom stereocenters. The van der Waals surface area contributed by atoms with Crippen LogP contribution in [-0.4, -0.2) is 28.1 Å². The minimum Gasteiger partial charge on any atom is -0.478 e. The lowest BCUT2D eigenvalue weighted by atomic mass is 10.1. The van der Waals surface area contributed by atoms with Crippen molar-refractivity contribution in [3.05, 3.63) is 22.9 Å². The number of hydrogen-bond acceptors (Lipinski definition) is 3. The topological polar surface area (TPSA) is 79.3 Å². The van der Waals surface area contributed by atoms with Crippen LogP contribution in [-0.2, 0) is 17.6 Å². The van der Waals surface area contributed by atoms with Crippen molar-refractivity contribution >= 4 is 17.7 Å². The van der Waals surface area contributed by atoms with Crippen LogP contribution < -0.4 is 5.32 Å². The van der Waals surface area contributed by atoms with Gasteiger partial charge < -0.3 is 10.4 Å². The van der Waals surface area contributed by atoms with E-state index in [1.165, 1.54) is 11.5 Å². The summed E-state index contributed by atoms with van der Waals surface area (Å²) in [7, 11) is 0. The molecule has 2 rings (SSSR count). The van der Waals surface area contributed by atoms with Crippen molar-refractivity contribution in [3.63, 3.8) is 0 Å². The number of aryl methyl sites for hydroxylation is 1. The van der Waals surface area contributed by atoms with Gasteiger partial charge in [-0.2, -0.15) is 13.2 Å². The molecule has 8 heteroatoms. The van der Waals surface area contributed by atoms with Gasteiger partial charge in [-0.25, -0.2) is 9.78 Å². The third-order valence-corrected chi connectivity index (χ3v) is 2.85. The fourth-order valence-corrected chi connectivity index (χ4v) is 2.05. The molecule has 1 aliphatic carbocycles. The van der Waals surface area contributed by atoms with Crippen LogP contribution in [0.2, 0.25) is 0 Å². The molecule has 19 heavy (non-hydrogen) atoms. The van der Waals surface area contributed by atoms with Gasteiger partial charge in [0, 0.05) is 6.20 Å². The van der Waals surface area contributed by atoms with E-state index < -0.39 is 23.9 Å². The summed E-state index contributed by atoms with van der Waals surface area (Å²) in [5, 5.41) is 10.6. The maximum atomic E-state index is 12.2. The van der Waals surface area contributed by atoms with Gasteiger partial charge in [-0.05, 0) is 30.4 Å². The van der Waals surface area contributed by atoms with Crippen LogP contribution in [0, 0.1) is 0 Å². The summed E-state index contributed by atoms with van der Waals surface area (Å²) in [4.78, 5) is 25.6. The molecule has 1 heterocycles. The summed E-state index contributed by atoms with van der Waals surface area (Å²) in [6.07, 6.45) is -1.98. The fourth-order valence-electron chi connectivity index (χ4n) is 2.05. The normalized spacial score (nSPS) is 14.1. The van der Waals surface area contributed by atoms with Crippen molar-refractivity contribution in [1.82, 2.24) is 4.98 Å². The van der Waals surface area contributed by atoms with E-state index in [4.69, 9.17) is 5.11 Å². The van der Waals surface area contributed by atoms with Crippen LogP contribution in [0.15, 0.2) is 6.20 Å². The van der Waals surface area contributed by atoms with Crippen molar-refractivity contribution < 1.29 is 27.9 Å². The molecule has 1 aliphatic rings. The second kappa shape index (κ2) is 4.52. The number of pyridine rings is 1. The number of carbonyl (C=O) groups excluding carboxylic acids is 1. The van der Waals surface area contributed by atoms with E-state index in [1.807, 2.05) is 0 Å². The van der Waals surface area contributed by atoms with Gasteiger partial charge in [0.15, 0.2) is 0 Å². The first-order valence-corrected chi connectivity index (χ1v) is 5.43. The minimum atomic E-state index is -5.09. The highest BCUT2D eigenvalue weighted by Gasteiger charge is 2.40. The Morgan fingerprint density at radius 3 is 2.58 bits per heavy atom. The number of nitrogens with one attached hydrogen (secondary N) is 1. The molecule has 1 aromatic heterocycles. The predicted octanol–water partition coefficient (Wildman–Crippen LogP) is 1.77. The number of aromatic nitrogens is 1. The lowest BCUT2D eigenvalue weighted by molar-refractivity contribution is -0.167. The summed E-state index contributed by atoms with van der Waals surface area (Å²) >= 11 is 0. The van der Waals surface area contributed by atoms with E-state index in [0.29, 0.717) is 30.4 Å². The molecule has 0 bridgehead atoms. The van der Waals surface area contributed by atoms with Gasteiger partial charge in [0.05, 0.1) is 0 Å². The molecule has 0 atom stereocenters. The number of halogens is 3. The number of rotatable bonds is 2. The Balaban J connectivity index is 2.42. The maximum Gasteiger partial charge on any atom is 0.471 e. The summed E-state index contributed by atoms with van der Waals surface area (Å²) < 4.78 is 36.5. The fraction of sp³-hybridized carbons (Fsp3) is 0.364. The Hall–Kier alpha value is -2.12. The lowest BCUT2D eigenvalue weighted by Gasteiger charge is -2.12. The molecule has 0 aliphatic heterocycles. The van der Waals surface area contributed by atoms with Crippen molar-refractivity contribution in [2.45, 2.75) is 25.4 Å². The SMILES string of the molecule is O=C(O)c1c(NC(=O)C(F)(F)F)ncc2c1CCC2. The molecule has 0 saturated carbocycles. The van der Waals surface area contributed by atoms with E-state index in [2.05, 4.69) is 4.98 Å². The van der Waals surface area contributed by atoms with E-state index in [1.54, 1.807) is 0 Å². The Kier molecular flexibility index (Phi) is 3.17. The Morgan fingerprint density at radius 1 is 1.32 bits per heavy atom. The standard InChI is InChI=1S/C11H9F3N2O3/c12-11(13,14)10(19)16-8-7(9(17)18)6-3-1-2-5(6)4-15-8/h4H,1-3H2,(H,17,18)(H,15,16,19). The summed E-state index contributed by atoms with van der Waals surface area (Å²) in [6, 6.07) is 0. The molecule has 0 saturated heterocycles. The molecule has 0 aromatic carbocycles. The van der Waals surface area contributed by atoms with Crippen molar-refractivity contribution in [3.8, 4) is 0 Å². The van der Waals surface area contributed by atoms with Gasteiger partial charge in [-0.3, -0.25) is 4.79 Å². The van der Waals surface area contributed by atoms with Gasteiger partial charge >= 0.3 is 18.1 Å². The number of carboxylic acids is 1. The molecule has 0 radical (unpaired) electrons. The van der Waals surface area contributed by atoms with Crippen molar-refractivity contribution in [1.29, 1.82) is 0 Å². The summed E-state index contributed by atoms with van der Waals surface area (Å²) in [5.74, 6) is -4.19. The number of alkyl halides is 3. The molecule has 2 N–H and O–H groups in total. The number of hydrogen-bond donors (Lipinski definition) is 2. The van der Waals surface area contributed by atoms with Crippen LogP contribution in [0.3, 0.4) is 0 Å². The maximum absolute atomic E-state index is 12.2. The molecular formula is C11H9F3N2O3. The molecular weight excluding hydrogens is 265 g/mol. The number of nitrogens with zero attached hydrogens (tertiary/aromatic N) is 1. The molecule has 1 amide bonds. The van der Waals surface area contributed by atoms with E-state index in [-0.39, 0.29) is 5.56 Å². The highest BCUT2D eigenvalue weighted by Crippen LogP contribution is 2.29. The third-order valence-electron chi connectivity index (χ3n) is 2.85. The zero-order valence-electron chi connectivity index (χ0n) is 9.54. The smallest absolute Gasteiger partial charge is 0.471 e. The highest BCUT2D eigenvalue weighted by molar-refractivity contribution is 6.02. The Labute approximate surface area is 105 Å². The second-order valence-corrected chi connectivity index (χ2v) is 4.10. The van der Waals surface area contributed by atoms with E-state index in [9.17, 15) is 22.8 Å². The largest absolute Gasteiger partial charge is 0.478 e. The number of aromatic carboxylic acids is 1. The van der Waals surface area contributed by atoms with Crippen LogP contribution in [0.5, 0.6) is 0 Å². The molecule has 102 valence electrons.